The number of ether oxygens (including phenoxy) is 1. The maximum Gasteiger partial charge on any atom is 0.227 e. The number of rotatable bonds is 3. The van der Waals surface area contributed by atoms with Gasteiger partial charge < -0.3 is 15.0 Å². The number of nitrogens with zero attached hydrogens (tertiary/aromatic N) is 1. The number of aryl methyl sites for hydroxylation is 1. The van der Waals surface area contributed by atoms with Crippen LogP contribution in [0.25, 0.3) is 0 Å². The lowest BCUT2D eigenvalue weighted by molar-refractivity contribution is -0.121. The van der Waals surface area contributed by atoms with E-state index < -0.39 is 0 Å². The summed E-state index contributed by atoms with van der Waals surface area (Å²) in [6.07, 6.45) is 1.80. The van der Waals surface area contributed by atoms with Crippen molar-refractivity contribution < 1.29 is 9.53 Å². The molecule has 0 aliphatic carbocycles. The first-order chi connectivity index (χ1) is 9.51. The second-order valence-corrected chi connectivity index (χ2v) is 5.78. The average Bonchev–Trinajstić information content (AvgIpc) is 2.43. The molecular formula is C15H21ClN2O2. The number of likely N-dealkylation sites (tertiary alicyclic amines) is 1. The van der Waals surface area contributed by atoms with Crippen LogP contribution in [0, 0.1) is 12.8 Å². The zero-order valence-corrected chi connectivity index (χ0v) is 13.0. The molecule has 1 aromatic rings. The Morgan fingerprint density at radius 1 is 1.40 bits per heavy atom. The summed E-state index contributed by atoms with van der Waals surface area (Å²) in [5, 5.41) is 3.61. The number of benzene rings is 1. The fourth-order valence-electron chi connectivity index (χ4n) is 2.44. The van der Waals surface area contributed by atoms with Gasteiger partial charge in [-0.3, -0.25) is 4.79 Å². The quantitative estimate of drug-likeness (QED) is 0.932. The highest BCUT2D eigenvalue weighted by Crippen LogP contribution is 2.31. The monoisotopic (exact) mass is 296 g/mol. The van der Waals surface area contributed by atoms with Crippen molar-refractivity contribution in [1.29, 1.82) is 0 Å². The van der Waals surface area contributed by atoms with Gasteiger partial charge in [0.25, 0.3) is 0 Å². The van der Waals surface area contributed by atoms with Gasteiger partial charge in [-0.25, -0.2) is 0 Å². The van der Waals surface area contributed by atoms with E-state index in [0.29, 0.717) is 16.5 Å². The molecular weight excluding hydrogens is 276 g/mol. The standard InChI is InChI=1S/C15H21ClN2O2/c1-10-8-13(14(20-3)9-12(10)16)17-15(19)11-4-6-18(2)7-5-11/h8-9,11H,4-7H2,1-3H3,(H,17,19). The van der Waals surface area contributed by atoms with Crippen molar-refractivity contribution in [2.24, 2.45) is 5.92 Å². The number of halogens is 1. The van der Waals surface area contributed by atoms with Crippen LogP contribution in [0.4, 0.5) is 5.69 Å². The van der Waals surface area contributed by atoms with E-state index in [4.69, 9.17) is 16.3 Å². The Hall–Kier alpha value is -1.26. The molecule has 0 spiro atoms. The molecule has 1 aliphatic heterocycles. The summed E-state index contributed by atoms with van der Waals surface area (Å²) in [7, 11) is 3.66. The third-order valence-corrected chi connectivity index (χ3v) is 4.24. The molecule has 0 atom stereocenters. The highest BCUT2D eigenvalue weighted by molar-refractivity contribution is 6.31. The second kappa shape index (κ2) is 6.46. The molecule has 1 aliphatic rings. The van der Waals surface area contributed by atoms with Crippen LogP contribution in [0.1, 0.15) is 18.4 Å². The van der Waals surface area contributed by atoms with E-state index in [0.717, 1.165) is 31.5 Å². The van der Waals surface area contributed by atoms with Gasteiger partial charge in [-0.1, -0.05) is 11.6 Å². The van der Waals surface area contributed by atoms with Gasteiger partial charge in [-0.05, 0) is 51.5 Å². The zero-order valence-electron chi connectivity index (χ0n) is 12.2. The highest BCUT2D eigenvalue weighted by atomic mass is 35.5. The van der Waals surface area contributed by atoms with Gasteiger partial charge in [0.15, 0.2) is 0 Å². The summed E-state index contributed by atoms with van der Waals surface area (Å²) in [5.74, 6) is 0.742. The van der Waals surface area contributed by atoms with Gasteiger partial charge in [0, 0.05) is 17.0 Å². The van der Waals surface area contributed by atoms with Gasteiger partial charge in [-0.15, -0.1) is 0 Å². The highest BCUT2D eigenvalue weighted by Gasteiger charge is 2.24. The summed E-state index contributed by atoms with van der Waals surface area (Å²) < 4.78 is 5.28. The Kier molecular flexibility index (Phi) is 4.89. The fraction of sp³-hybridized carbons (Fsp3) is 0.533. The van der Waals surface area contributed by atoms with Gasteiger partial charge >= 0.3 is 0 Å². The Bertz CT molecular complexity index is 497. The van der Waals surface area contributed by atoms with Gasteiger partial charge in [0.05, 0.1) is 12.8 Å². The van der Waals surface area contributed by atoms with Crippen molar-refractivity contribution in [3.8, 4) is 5.75 Å². The van der Waals surface area contributed by atoms with Crippen LogP contribution >= 0.6 is 11.6 Å². The SMILES string of the molecule is COc1cc(Cl)c(C)cc1NC(=O)C1CCN(C)CC1. The number of piperidine rings is 1. The van der Waals surface area contributed by atoms with Crippen LogP contribution in [0.3, 0.4) is 0 Å². The topological polar surface area (TPSA) is 41.6 Å². The first kappa shape index (κ1) is 15.1. The van der Waals surface area contributed by atoms with Crippen LogP contribution in [0.15, 0.2) is 12.1 Å². The first-order valence-electron chi connectivity index (χ1n) is 6.85. The van der Waals surface area contributed by atoms with Crippen molar-refractivity contribution in [3.05, 3.63) is 22.7 Å². The number of carbonyl (C=O) groups is 1. The molecule has 5 heteroatoms. The molecule has 0 bridgehead atoms. The summed E-state index contributed by atoms with van der Waals surface area (Å²) in [6, 6.07) is 3.59. The predicted octanol–water partition coefficient (Wildman–Crippen LogP) is 2.94. The lowest BCUT2D eigenvalue weighted by Crippen LogP contribution is -2.35. The Morgan fingerprint density at radius 2 is 2.05 bits per heavy atom. The number of carbonyl (C=O) groups excluding carboxylic acids is 1. The van der Waals surface area contributed by atoms with E-state index in [1.54, 1.807) is 13.2 Å². The number of hydrogen-bond donors (Lipinski definition) is 1. The minimum absolute atomic E-state index is 0.0677. The number of anilines is 1. The summed E-state index contributed by atoms with van der Waals surface area (Å²) in [5.41, 5.74) is 1.62. The molecule has 110 valence electrons. The number of amides is 1. The van der Waals surface area contributed by atoms with E-state index in [9.17, 15) is 4.79 Å². The maximum atomic E-state index is 12.3. The van der Waals surface area contributed by atoms with Crippen LogP contribution in [0.2, 0.25) is 5.02 Å². The number of hydrogen-bond acceptors (Lipinski definition) is 3. The van der Waals surface area contributed by atoms with Crippen LogP contribution < -0.4 is 10.1 Å². The van der Waals surface area contributed by atoms with Crippen LogP contribution in [0.5, 0.6) is 5.75 Å². The lowest BCUT2D eigenvalue weighted by Gasteiger charge is -2.28. The largest absolute Gasteiger partial charge is 0.495 e. The molecule has 1 N–H and O–H groups in total. The third-order valence-electron chi connectivity index (χ3n) is 3.83. The Labute approximate surface area is 125 Å². The normalized spacial score (nSPS) is 17.0. The number of nitrogens with one attached hydrogen (secondary N) is 1. The first-order valence-corrected chi connectivity index (χ1v) is 7.22. The smallest absolute Gasteiger partial charge is 0.227 e. The van der Waals surface area contributed by atoms with E-state index >= 15 is 0 Å². The molecule has 1 heterocycles. The third kappa shape index (κ3) is 3.44. The average molecular weight is 297 g/mol. The van der Waals surface area contributed by atoms with Crippen molar-refractivity contribution in [3.63, 3.8) is 0 Å². The number of methoxy groups -OCH3 is 1. The second-order valence-electron chi connectivity index (χ2n) is 5.37. The molecule has 1 aromatic carbocycles. The minimum Gasteiger partial charge on any atom is -0.495 e. The molecule has 2 rings (SSSR count). The van der Waals surface area contributed by atoms with E-state index in [1.165, 1.54) is 0 Å². The lowest BCUT2D eigenvalue weighted by atomic mass is 9.96. The van der Waals surface area contributed by atoms with E-state index in [2.05, 4.69) is 17.3 Å². The molecule has 0 unspecified atom stereocenters. The molecule has 1 amide bonds. The van der Waals surface area contributed by atoms with Gasteiger partial charge in [0.1, 0.15) is 5.75 Å². The van der Waals surface area contributed by atoms with Crippen molar-refractivity contribution in [1.82, 2.24) is 4.90 Å². The summed E-state index contributed by atoms with van der Waals surface area (Å²) >= 11 is 6.07. The molecule has 1 fully saturated rings. The predicted molar refractivity (Wildman–Crippen MR) is 81.6 cm³/mol. The summed E-state index contributed by atoms with van der Waals surface area (Å²) in [4.78, 5) is 14.6. The molecule has 4 nitrogen and oxygen atoms in total. The molecule has 20 heavy (non-hydrogen) atoms. The van der Waals surface area contributed by atoms with Crippen molar-refractivity contribution in [2.45, 2.75) is 19.8 Å². The van der Waals surface area contributed by atoms with Gasteiger partial charge in [0.2, 0.25) is 5.91 Å². The maximum absolute atomic E-state index is 12.3. The van der Waals surface area contributed by atoms with Crippen molar-refractivity contribution in [2.75, 3.05) is 32.6 Å². The molecule has 0 aromatic heterocycles. The molecule has 0 saturated carbocycles. The Morgan fingerprint density at radius 3 is 2.65 bits per heavy atom. The van der Waals surface area contributed by atoms with E-state index in [1.807, 2.05) is 13.0 Å². The fourth-order valence-corrected chi connectivity index (χ4v) is 2.59. The minimum atomic E-state index is 0.0677. The molecule has 1 saturated heterocycles. The zero-order chi connectivity index (χ0) is 14.7. The van der Waals surface area contributed by atoms with Crippen LogP contribution in [-0.2, 0) is 4.79 Å². The van der Waals surface area contributed by atoms with Crippen LogP contribution in [-0.4, -0.2) is 38.1 Å². The molecule has 0 radical (unpaired) electrons. The van der Waals surface area contributed by atoms with Gasteiger partial charge in [-0.2, -0.15) is 0 Å². The van der Waals surface area contributed by atoms with E-state index in [-0.39, 0.29) is 11.8 Å². The van der Waals surface area contributed by atoms with Crippen molar-refractivity contribution >= 4 is 23.2 Å². The Balaban J connectivity index is 2.09. The summed E-state index contributed by atoms with van der Waals surface area (Å²) in [6.45, 7) is 3.84.